The van der Waals surface area contributed by atoms with E-state index in [-0.39, 0.29) is 6.54 Å². The molecule has 1 aliphatic heterocycles. The maximum absolute atomic E-state index is 9.12. The van der Waals surface area contributed by atoms with Gasteiger partial charge in [-0.1, -0.05) is 0 Å². The Morgan fingerprint density at radius 1 is 1.38 bits per heavy atom. The second kappa shape index (κ2) is 5.61. The van der Waals surface area contributed by atoms with Crippen LogP contribution in [0.5, 0.6) is 0 Å². The molecule has 2 heterocycles. The minimum atomic E-state index is -0.520. The molecule has 0 saturated carbocycles. The van der Waals surface area contributed by atoms with E-state index in [1.807, 2.05) is 27.7 Å². The molecule has 21 heavy (non-hydrogen) atoms. The summed E-state index contributed by atoms with van der Waals surface area (Å²) >= 11 is 0. The van der Waals surface area contributed by atoms with Crippen molar-refractivity contribution >= 4 is 13.2 Å². The highest BCUT2D eigenvalue weighted by Crippen LogP contribution is 2.38. The van der Waals surface area contributed by atoms with Crippen LogP contribution >= 0.6 is 0 Å². The molecule has 6 heteroatoms. The lowest BCUT2D eigenvalue weighted by Crippen LogP contribution is -2.41. The zero-order chi connectivity index (χ0) is 15.7. The molecule has 0 bridgehead atoms. The first-order chi connectivity index (χ1) is 9.80. The van der Waals surface area contributed by atoms with Gasteiger partial charge in [0.2, 0.25) is 0 Å². The average molecular weight is 285 g/mol. The predicted octanol–water partition coefficient (Wildman–Crippen LogP) is 1.93. The Balaban J connectivity index is 2.34. The molecule has 0 spiro atoms. The van der Waals surface area contributed by atoms with Crippen molar-refractivity contribution in [1.82, 2.24) is 4.98 Å². The summed E-state index contributed by atoms with van der Waals surface area (Å²) < 4.78 is 12.0. The summed E-state index contributed by atoms with van der Waals surface area (Å²) in [6.07, 6.45) is 3.42. The van der Waals surface area contributed by atoms with Gasteiger partial charge in [0.05, 0.1) is 22.5 Å². The van der Waals surface area contributed by atoms with Crippen LogP contribution in [0.4, 0.5) is 0 Å². The Morgan fingerprint density at radius 3 is 2.52 bits per heavy atom. The number of nitrogens with two attached hydrogens (primary N) is 1. The zero-order valence-corrected chi connectivity index (χ0v) is 12.9. The van der Waals surface area contributed by atoms with Gasteiger partial charge in [0.1, 0.15) is 6.07 Å². The van der Waals surface area contributed by atoms with Crippen LogP contribution in [0.1, 0.15) is 39.0 Å². The van der Waals surface area contributed by atoms with Crippen LogP contribution in [-0.4, -0.2) is 29.8 Å². The van der Waals surface area contributed by atoms with Gasteiger partial charge in [-0.2, -0.15) is 5.26 Å². The largest absolute Gasteiger partial charge is 0.491 e. The second-order valence-corrected chi connectivity index (χ2v) is 6.06. The molecule has 1 fully saturated rings. The molecule has 2 rings (SSSR count). The molecule has 5 nitrogen and oxygen atoms in total. The Morgan fingerprint density at radius 2 is 2.00 bits per heavy atom. The zero-order valence-electron chi connectivity index (χ0n) is 12.9. The monoisotopic (exact) mass is 285 g/mol. The molecule has 0 aromatic carbocycles. The van der Waals surface area contributed by atoms with E-state index in [4.69, 9.17) is 20.3 Å². The number of rotatable bonds is 3. The SMILES string of the molecule is CC1(C)OB(C(=Cc2ncccc2C#N)CN)OC1(C)C. The molecule has 0 atom stereocenters. The van der Waals surface area contributed by atoms with Gasteiger partial charge in [-0.3, -0.25) is 4.98 Å². The van der Waals surface area contributed by atoms with E-state index in [1.54, 1.807) is 24.4 Å². The van der Waals surface area contributed by atoms with Gasteiger partial charge >= 0.3 is 7.12 Å². The quantitative estimate of drug-likeness (QED) is 0.858. The molecule has 1 aliphatic rings. The molecule has 2 N–H and O–H groups in total. The average Bonchev–Trinajstić information content (AvgIpc) is 2.65. The molecule has 110 valence electrons. The van der Waals surface area contributed by atoms with Gasteiger partial charge in [-0.25, -0.2) is 0 Å². The predicted molar refractivity (Wildman–Crippen MR) is 82.1 cm³/mol. The lowest BCUT2D eigenvalue weighted by atomic mass is 9.77. The molecular weight excluding hydrogens is 265 g/mol. The molecule has 1 aromatic rings. The third-order valence-electron chi connectivity index (χ3n) is 4.07. The summed E-state index contributed by atoms with van der Waals surface area (Å²) in [5, 5.41) is 9.12. The van der Waals surface area contributed by atoms with Crippen LogP contribution in [0.25, 0.3) is 6.08 Å². The van der Waals surface area contributed by atoms with Crippen molar-refractivity contribution in [2.75, 3.05) is 6.54 Å². The van der Waals surface area contributed by atoms with Crippen LogP contribution in [0.2, 0.25) is 0 Å². The Hall–Kier alpha value is -1.68. The fourth-order valence-corrected chi connectivity index (χ4v) is 2.02. The molecule has 0 aliphatic carbocycles. The third-order valence-corrected chi connectivity index (χ3v) is 4.07. The standard InChI is InChI=1S/C15H20BN3O2/c1-14(2)15(3,4)21-16(20-14)12(10-18)8-13-11(9-17)6-5-7-19-13/h5-8H,10,18H2,1-4H3. The van der Waals surface area contributed by atoms with Gasteiger partial charge in [0, 0.05) is 12.7 Å². The summed E-state index contributed by atoms with van der Waals surface area (Å²) in [6.45, 7) is 8.23. The van der Waals surface area contributed by atoms with Gasteiger partial charge in [-0.05, 0) is 51.4 Å². The van der Waals surface area contributed by atoms with E-state index in [0.29, 0.717) is 11.3 Å². The summed E-state index contributed by atoms with van der Waals surface area (Å²) in [4.78, 5) is 4.22. The van der Waals surface area contributed by atoms with Crippen molar-refractivity contribution in [3.8, 4) is 6.07 Å². The molecule has 1 saturated heterocycles. The van der Waals surface area contributed by atoms with E-state index >= 15 is 0 Å². The van der Waals surface area contributed by atoms with Crippen LogP contribution < -0.4 is 5.73 Å². The lowest BCUT2D eigenvalue weighted by Gasteiger charge is -2.32. The van der Waals surface area contributed by atoms with Gasteiger partial charge in [0.15, 0.2) is 0 Å². The Bertz CT molecular complexity index is 589. The van der Waals surface area contributed by atoms with Crippen LogP contribution in [0.3, 0.4) is 0 Å². The maximum atomic E-state index is 9.12. The van der Waals surface area contributed by atoms with E-state index < -0.39 is 18.3 Å². The summed E-state index contributed by atoms with van der Waals surface area (Å²) in [5.74, 6) is 0. The van der Waals surface area contributed by atoms with Crippen LogP contribution in [0, 0.1) is 11.3 Å². The minimum absolute atomic E-state index is 0.276. The van der Waals surface area contributed by atoms with E-state index in [0.717, 1.165) is 5.47 Å². The van der Waals surface area contributed by atoms with Gasteiger partial charge in [0.25, 0.3) is 0 Å². The highest BCUT2D eigenvalue weighted by molar-refractivity contribution is 6.55. The Labute approximate surface area is 125 Å². The lowest BCUT2D eigenvalue weighted by molar-refractivity contribution is 0.00578. The van der Waals surface area contributed by atoms with Gasteiger partial charge < -0.3 is 15.0 Å². The van der Waals surface area contributed by atoms with Crippen molar-refractivity contribution in [3.63, 3.8) is 0 Å². The topological polar surface area (TPSA) is 81.2 Å². The first kappa shape index (κ1) is 15.7. The summed E-state index contributed by atoms with van der Waals surface area (Å²) in [5.41, 5.74) is 6.83. The molecule has 0 amide bonds. The van der Waals surface area contributed by atoms with Gasteiger partial charge in [-0.15, -0.1) is 0 Å². The minimum Gasteiger partial charge on any atom is -0.400 e. The number of hydrogen-bond donors (Lipinski definition) is 1. The first-order valence-corrected chi connectivity index (χ1v) is 6.92. The fourth-order valence-electron chi connectivity index (χ4n) is 2.02. The third kappa shape index (κ3) is 3.00. The van der Waals surface area contributed by atoms with E-state index in [2.05, 4.69) is 11.1 Å². The second-order valence-electron chi connectivity index (χ2n) is 6.06. The number of pyridine rings is 1. The van der Waals surface area contributed by atoms with E-state index in [1.165, 1.54) is 0 Å². The molecule has 0 radical (unpaired) electrons. The van der Waals surface area contributed by atoms with Crippen molar-refractivity contribution in [2.24, 2.45) is 5.73 Å². The maximum Gasteiger partial charge on any atom is 0.491 e. The number of nitrogens with zero attached hydrogens (tertiary/aromatic N) is 2. The highest BCUT2D eigenvalue weighted by atomic mass is 16.7. The summed E-state index contributed by atoms with van der Waals surface area (Å²) in [6, 6.07) is 5.57. The van der Waals surface area contributed by atoms with E-state index in [9.17, 15) is 0 Å². The van der Waals surface area contributed by atoms with Crippen molar-refractivity contribution in [3.05, 3.63) is 35.1 Å². The first-order valence-electron chi connectivity index (χ1n) is 6.92. The smallest absolute Gasteiger partial charge is 0.400 e. The number of nitriles is 1. The normalized spacial score (nSPS) is 20.4. The van der Waals surface area contributed by atoms with Crippen LogP contribution in [-0.2, 0) is 9.31 Å². The fraction of sp³-hybridized carbons (Fsp3) is 0.467. The van der Waals surface area contributed by atoms with Crippen LogP contribution in [0.15, 0.2) is 23.8 Å². The Kier molecular flexibility index (Phi) is 4.19. The number of aromatic nitrogens is 1. The van der Waals surface area contributed by atoms with Crippen molar-refractivity contribution < 1.29 is 9.31 Å². The molecular formula is C15H20BN3O2. The molecule has 0 unspecified atom stereocenters. The van der Waals surface area contributed by atoms with Crippen molar-refractivity contribution in [2.45, 2.75) is 38.9 Å². The van der Waals surface area contributed by atoms with Crippen molar-refractivity contribution in [1.29, 1.82) is 5.26 Å². The molecule has 1 aromatic heterocycles. The highest BCUT2D eigenvalue weighted by Gasteiger charge is 2.52. The number of hydrogen-bond acceptors (Lipinski definition) is 5. The summed E-state index contributed by atoms with van der Waals surface area (Å²) in [7, 11) is -0.520.